The minimum absolute atomic E-state index is 0.0271. The minimum Gasteiger partial charge on any atom is -0.481 e. The summed E-state index contributed by atoms with van der Waals surface area (Å²) in [6.45, 7) is 10.8. The van der Waals surface area contributed by atoms with Crippen molar-refractivity contribution in [3.05, 3.63) is 24.3 Å². The summed E-state index contributed by atoms with van der Waals surface area (Å²) in [6.07, 6.45) is -0.371. The molecule has 0 amide bonds. The van der Waals surface area contributed by atoms with Gasteiger partial charge in [-0.25, -0.2) is 9.59 Å². The zero-order chi connectivity index (χ0) is 20.3. The lowest BCUT2D eigenvalue weighted by Crippen LogP contribution is -2.20. The second-order valence-electron chi connectivity index (χ2n) is 5.67. The van der Waals surface area contributed by atoms with Gasteiger partial charge in [-0.3, -0.25) is 9.59 Å². The summed E-state index contributed by atoms with van der Waals surface area (Å²) < 4.78 is 14.3. The number of carboxylic acid groups (broad SMARTS) is 2. The largest absolute Gasteiger partial charge is 0.481 e. The Labute approximate surface area is 151 Å². The third-order valence-electron chi connectivity index (χ3n) is 2.97. The topological polar surface area (TPSA) is 140 Å². The van der Waals surface area contributed by atoms with Crippen molar-refractivity contribution < 1.29 is 43.6 Å². The van der Waals surface area contributed by atoms with E-state index in [1.54, 1.807) is 6.92 Å². The Hall–Kier alpha value is -2.68. The van der Waals surface area contributed by atoms with E-state index in [1.807, 2.05) is 0 Å². The molecule has 0 bridgehead atoms. The summed E-state index contributed by atoms with van der Waals surface area (Å²) in [5, 5.41) is 17.1. The maximum absolute atomic E-state index is 10.9. The fourth-order valence-electron chi connectivity index (χ4n) is 1.40. The van der Waals surface area contributed by atoms with Gasteiger partial charge in [0.1, 0.15) is 12.7 Å². The molecule has 1 saturated heterocycles. The van der Waals surface area contributed by atoms with Crippen molar-refractivity contribution in [3.63, 3.8) is 0 Å². The van der Waals surface area contributed by atoms with Crippen molar-refractivity contribution in [2.75, 3.05) is 19.8 Å². The highest BCUT2D eigenvalue weighted by Gasteiger charge is 2.24. The smallest absolute Gasteiger partial charge is 0.333 e. The Morgan fingerprint density at radius 3 is 1.96 bits per heavy atom. The van der Waals surface area contributed by atoms with E-state index in [0.717, 1.165) is 0 Å². The number of aliphatic carboxylic acids is 2. The molecule has 1 aliphatic rings. The number of epoxide rings is 1. The summed E-state index contributed by atoms with van der Waals surface area (Å²) in [6, 6.07) is 0. The van der Waals surface area contributed by atoms with Crippen molar-refractivity contribution in [2.45, 2.75) is 32.8 Å². The number of carbonyl (C=O) groups excluding carboxylic acids is 2. The highest BCUT2D eigenvalue weighted by atomic mass is 16.6. The van der Waals surface area contributed by atoms with E-state index in [4.69, 9.17) is 19.7 Å². The Bertz CT molecular complexity index is 561. The summed E-state index contributed by atoms with van der Waals surface area (Å²) in [5.41, 5.74) is 0.644. The molecular formula is C17H24O9. The van der Waals surface area contributed by atoms with E-state index in [1.165, 1.54) is 6.92 Å². The van der Waals surface area contributed by atoms with E-state index in [-0.39, 0.29) is 30.7 Å². The molecule has 0 aliphatic carbocycles. The molecule has 9 heteroatoms. The Morgan fingerprint density at radius 2 is 1.58 bits per heavy atom. The minimum atomic E-state index is -1.21. The van der Waals surface area contributed by atoms with E-state index in [9.17, 15) is 19.2 Å². The van der Waals surface area contributed by atoms with Crippen molar-refractivity contribution >= 4 is 23.9 Å². The first-order valence-corrected chi connectivity index (χ1v) is 7.76. The molecule has 146 valence electrons. The Balaban J connectivity index is 0.000000531. The van der Waals surface area contributed by atoms with Gasteiger partial charge in [-0.1, -0.05) is 13.2 Å². The highest BCUT2D eigenvalue weighted by molar-refractivity contribution is 5.87. The molecule has 9 nitrogen and oxygen atoms in total. The normalized spacial score (nSPS) is 15.5. The third-order valence-corrected chi connectivity index (χ3v) is 2.97. The molecule has 1 heterocycles. The highest BCUT2D eigenvalue weighted by Crippen LogP contribution is 2.10. The predicted molar refractivity (Wildman–Crippen MR) is 89.3 cm³/mol. The summed E-state index contributed by atoms with van der Waals surface area (Å²) in [4.78, 5) is 42.6. The monoisotopic (exact) mass is 372 g/mol. The van der Waals surface area contributed by atoms with Gasteiger partial charge < -0.3 is 24.4 Å². The second kappa shape index (κ2) is 11.8. The van der Waals surface area contributed by atoms with E-state index in [2.05, 4.69) is 17.9 Å². The molecule has 26 heavy (non-hydrogen) atoms. The fraction of sp³-hybridized carbons (Fsp3) is 0.529. The summed E-state index contributed by atoms with van der Waals surface area (Å²) in [7, 11) is 0. The van der Waals surface area contributed by atoms with E-state index in [0.29, 0.717) is 18.8 Å². The van der Waals surface area contributed by atoms with Crippen LogP contribution in [0, 0.1) is 5.92 Å². The number of hydrogen-bond donors (Lipinski definition) is 2. The Morgan fingerprint density at radius 1 is 1.08 bits per heavy atom. The van der Waals surface area contributed by atoms with Crippen LogP contribution in [0.5, 0.6) is 0 Å². The quantitative estimate of drug-likeness (QED) is 0.328. The van der Waals surface area contributed by atoms with Gasteiger partial charge >= 0.3 is 23.9 Å². The number of carboxylic acids is 2. The molecule has 0 aromatic heterocycles. The maximum Gasteiger partial charge on any atom is 0.333 e. The molecule has 1 fully saturated rings. The molecule has 0 aromatic carbocycles. The van der Waals surface area contributed by atoms with Crippen LogP contribution in [0.1, 0.15) is 26.7 Å². The predicted octanol–water partition coefficient (Wildman–Crippen LogP) is 1.18. The van der Waals surface area contributed by atoms with Crippen LogP contribution < -0.4 is 0 Å². The van der Waals surface area contributed by atoms with Gasteiger partial charge in [-0.2, -0.15) is 0 Å². The van der Waals surface area contributed by atoms with Crippen LogP contribution in [0.15, 0.2) is 24.3 Å². The lowest BCUT2D eigenvalue weighted by atomic mass is 10.0. The van der Waals surface area contributed by atoms with Crippen molar-refractivity contribution in [2.24, 2.45) is 5.92 Å². The Kier molecular flexibility index (Phi) is 10.6. The van der Waals surface area contributed by atoms with E-state index >= 15 is 0 Å². The molecule has 2 atom stereocenters. The van der Waals surface area contributed by atoms with Crippen LogP contribution >= 0.6 is 0 Å². The molecule has 0 saturated carbocycles. The maximum atomic E-state index is 10.9. The summed E-state index contributed by atoms with van der Waals surface area (Å²) >= 11 is 0. The van der Waals surface area contributed by atoms with Gasteiger partial charge in [0.05, 0.1) is 25.6 Å². The molecule has 0 aromatic rings. The molecular weight excluding hydrogens is 348 g/mol. The van der Waals surface area contributed by atoms with Crippen LogP contribution in [0.4, 0.5) is 0 Å². The number of ether oxygens (including phenoxy) is 3. The number of rotatable bonds is 10. The molecule has 2 N–H and O–H groups in total. The summed E-state index contributed by atoms with van der Waals surface area (Å²) in [5.74, 6) is -4.40. The zero-order valence-corrected chi connectivity index (χ0v) is 14.9. The van der Waals surface area contributed by atoms with Crippen molar-refractivity contribution in [1.29, 1.82) is 0 Å². The van der Waals surface area contributed by atoms with Gasteiger partial charge in [-0.05, 0) is 20.3 Å². The average molecular weight is 372 g/mol. The van der Waals surface area contributed by atoms with Gasteiger partial charge in [0.2, 0.25) is 0 Å². The lowest BCUT2D eigenvalue weighted by Gasteiger charge is -2.09. The van der Waals surface area contributed by atoms with Gasteiger partial charge in [0.15, 0.2) is 0 Å². The molecule has 1 aliphatic heterocycles. The van der Waals surface area contributed by atoms with Crippen molar-refractivity contribution in [1.82, 2.24) is 0 Å². The number of carbonyl (C=O) groups is 4. The first-order chi connectivity index (χ1) is 12.0. The third kappa shape index (κ3) is 11.8. The number of esters is 2. The van der Waals surface area contributed by atoms with Crippen LogP contribution in [0.25, 0.3) is 0 Å². The van der Waals surface area contributed by atoms with Crippen LogP contribution in [0.3, 0.4) is 0 Å². The van der Waals surface area contributed by atoms with E-state index < -0.39 is 30.2 Å². The van der Waals surface area contributed by atoms with Gasteiger partial charge in [-0.15, -0.1) is 0 Å². The van der Waals surface area contributed by atoms with Crippen LogP contribution in [-0.2, 0) is 33.4 Å². The standard InChI is InChI=1S/C10H14O6.C7H10O3/c1-6(2)10(15)16-4-3-7(9(13)14)5-8(11)12;1-5(2)7(8)10-4-6-3-9-6/h7H,1,3-5H2,2H3,(H,11,12)(H,13,14);6H,1,3-4H2,2H3. The van der Waals surface area contributed by atoms with Crippen molar-refractivity contribution in [3.8, 4) is 0 Å². The van der Waals surface area contributed by atoms with Crippen LogP contribution in [0.2, 0.25) is 0 Å². The SMILES string of the molecule is C=C(C)C(=O)OCC1CO1.C=C(C)C(=O)OCCC(CC(=O)O)C(=O)O. The molecule has 0 spiro atoms. The average Bonchev–Trinajstić information content (AvgIpc) is 3.35. The zero-order valence-electron chi connectivity index (χ0n) is 14.9. The molecule has 2 unspecified atom stereocenters. The number of hydrogen-bond acceptors (Lipinski definition) is 7. The molecule has 1 rings (SSSR count). The first-order valence-electron chi connectivity index (χ1n) is 7.76. The van der Waals surface area contributed by atoms with Crippen LogP contribution in [-0.4, -0.2) is 60.0 Å². The lowest BCUT2D eigenvalue weighted by molar-refractivity contribution is -0.150. The first kappa shape index (κ1) is 23.3. The fourth-order valence-corrected chi connectivity index (χ4v) is 1.40. The molecule has 0 radical (unpaired) electrons. The van der Waals surface area contributed by atoms with Gasteiger partial charge in [0, 0.05) is 11.1 Å². The van der Waals surface area contributed by atoms with Gasteiger partial charge in [0.25, 0.3) is 0 Å². The second-order valence-corrected chi connectivity index (χ2v) is 5.67.